The highest BCUT2D eigenvalue weighted by atomic mass is 16.6. The Hall–Kier alpha value is -1.62. The van der Waals surface area contributed by atoms with E-state index < -0.39 is 4.92 Å². The molecule has 1 fully saturated rings. The molecule has 0 radical (unpaired) electrons. The molecule has 1 aliphatic rings. The van der Waals surface area contributed by atoms with Gasteiger partial charge in [0.1, 0.15) is 5.75 Å². The number of rotatable bonds is 6. The molecule has 18 heavy (non-hydrogen) atoms. The number of benzene rings is 1. The van der Waals surface area contributed by atoms with E-state index in [9.17, 15) is 10.1 Å². The molecule has 0 saturated heterocycles. The zero-order valence-electron chi connectivity index (χ0n) is 10.5. The van der Waals surface area contributed by atoms with Gasteiger partial charge in [-0.25, -0.2) is 0 Å². The lowest BCUT2D eigenvalue weighted by Gasteiger charge is -2.25. The molecule has 1 aromatic rings. The molecule has 0 aromatic heterocycles. The number of ether oxygens (including phenoxy) is 1. The Morgan fingerprint density at radius 3 is 2.78 bits per heavy atom. The van der Waals surface area contributed by atoms with Crippen molar-refractivity contribution in [3.63, 3.8) is 0 Å². The minimum atomic E-state index is -0.391. The number of nitrogens with one attached hydrogen (secondary N) is 1. The highest BCUT2D eigenvalue weighted by molar-refractivity contribution is 5.42. The van der Waals surface area contributed by atoms with Gasteiger partial charge in [0, 0.05) is 12.6 Å². The van der Waals surface area contributed by atoms with Gasteiger partial charge in [-0.2, -0.15) is 0 Å². The lowest BCUT2D eigenvalue weighted by atomic mass is 9.85. The van der Waals surface area contributed by atoms with Crippen LogP contribution in [0.5, 0.6) is 5.75 Å². The van der Waals surface area contributed by atoms with Crippen LogP contribution in [0.1, 0.15) is 24.8 Å². The number of hydrogen-bond donors (Lipinski definition) is 1. The van der Waals surface area contributed by atoms with Gasteiger partial charge < -0.3 is 10.1 Å². The van der Waals surface area contributed by atoms with E-state index in [1.165, 1.54) is 32.4 Å². The number of methoxy groups -OCH3 is 1. The molecule has 0 unspecified atom stereocenters. The van der Waals surface area contributed by atoms with Crippen LogP contribution < -0.4 is 10.1 Å². The summed E-state index contributed by atoms with van der Waals surface area (Å²) in [6.07, 6.45) is 3.92. The van der Waals surface area contributed by atoms with Crippen LogP contribution in [0.2, 0.25) is 0 Å². The van der Waals surface area contributed by atoms with Crippen LogP contribution in [0.15, 0.2) is 18.2 Å². The van der Waals surface area contributed by atoms with Gasteiger partial charge in [-0.1, -0.05) is 6.42 Å². The largest absolute Gasteiger partial charge is 0.496 e. The zero-order valence-corrected chi connectivity index (χ0v) is 10.5. The van der Waals surface area contributed by atoms with Crippen LogP contribution in [0.3, 0.4) is 0 Å². The fourth-order valence-corrected chi connectivity index (χ4v) is 2.09. The van der Waals surface area contributed by atoms with Crippen molar-refractivity contribution in [2.75, 3.05) is 13.7 Å². The minimum absolute atomic E-state index is 0.0785. The van der Waals surface area contributed by atoms with Crippen LogP contribution >= 0.6 is 0 Å². The summed E-state index contributed by atoms with van der Waals surface area (Å²) < 4.78 is 5.07. The van der Waals surface area contributed by atoms with Crippen LogP contribution in [0, 0.1) is 16.0 Å². The molecule has 5 nitrogen and oxygen atoms in total. The Bertz CT molecular complexity index is 430. The summed E-state index contributed by atoms with van der Waals surface area (Å²) >= 11 is 0. The molecule has 1 saturated carbocycles. The predicted molar refractivity (Wildman–Crippen MR) is 68.7 cm³/mol. The van der Waals surface area contributed by atoms with Crippen molar-refractivity contribution < 1.29 is 9.66 Å². The molecule has 1 aliphatic carbocycles. The van der Waals surface area contributed by atoms with Crippen molar-refractivity contribution in [3.05, 3.63) is 33.9 Å². The maximum atomic E-state index is 10.8. The average Bonchev–Trinajstić information content (AvgIpc) is 2.31. The summed E-state index contributed by atoms with van der Waals surface area (Å²) in [6.45, 7) is 1.64. The molecule has 98 valence electrons. The molecule has 0 spiro atoms. The number of non-ortho nitro benzene ring substituents is 1. The summed E-state index contributed by atoms with van der Waals surface area (Å²) in [7, 11) is 1.52. The highest BCUT2D eigenvalue weighted by Crippen LogP contribution is 2.26. The summed E-state index contributed by atoms with van der Waals surface area (Å²) in [4.78, 5) is 10.4. The molecular formula is C13H18N2O3. The Morgan fingerprint density at radius 1 is 1.44 bits per heavy atom. The summed E-state index contributed by atoms with van der Waals surface area (Å²) in [6, 6.07) is 4.87. The number of hydrogen-bond acceptors (Lipinski definition) is 4. The zero-order chi connectivity index (χ0) is 13.0. The number of nitro benzene ring substituents is 1. The Balaban J connectivity index is 1.96. The van der Waals surface area contributed by atoms with Crippen molar-refractivity contribution >= 4 is 5.69 Å². The first kappa shape index (κ1) is 12.8. The fraction of sp³-hybridized carbons (Fsp3) is 0.538. The van der Waals surface area contributed by atoms with E-state index in [-0.39, 0.29) is 5.69 Å². The van der Waals surface area contributed by atoms with E-state index in [0.29, 0.717) is 12.3 Å². The van der Waals surface area contributed by atoms with E-state index in [4.69, 9.17) is 4.74 Å². The average molecular weight is 250 g/mol. The standard InChI is InChI=1S/C13H18N2O3/c1-18-13-6-11(5-12(7-13)15(16)17)9-14-8-10-3-2-4-10/h5-7,10,14H,2-4,8-9H2,1H3. The Morgan fingerprint density at radius 2 is 2.22 bits per heavy atom. The second-order valence-electron chi connectivity index (χ2n) is 4.72. The second kappa shape index (κ2) is 5.82. The van der Waals surface area contributed by atoms with Crippen molar-refractivity contribution in [1.29, 1.82) is 0 Å². The molecule has 5 heteroatoms. The molecule has 0 heterocycles. The van der Waals surface area contributed by atoms with Crippen LogP contribution in [0.4, 0.5) is 5.69 Å². The van der Waals surface area contributed by atoms with Gasteiger partial charge in [-0.3, -0.25) is 10.1 Å². The van der Waals surface area contributed by atoms with Crippen molar-refractivity contribution in [3.8, 4) is 5.75 Å². The van der Waals surface area contributed by atoms with Gasteiger partial charge in [0.05, 0.1) is 18.1 Å². The number of nitrogens with zero attached hydrogens (tertiary/aromatic N) is 1. The maximum absolute atomic E-state index is 10.8. The number of nitro groups is 1. The van der Waals surface area contributed by atoms with E-state index in [0.717, 1.165) is 18.0 Å². The normalized spacial score (nSPS) is 15.2. The molecule has 0 aliphatic heterocycles. The van der Waals surface area contributed by atoms with E-state index >= 15 is 0 Å². The van der Waals surface area contributed by atoms with Crippen LogP contribution in [0.25, 0.3) is 0 Å². The molecule has 1 N–H and O–H groups in total. The Labute approximate surface area is 106 Å². The smallest absolute Gasteiger partial charge is 0.273 e. The molecule has 0 atom stereocenters. The first-order valence-corrected chi connectivity index (χ1v) is 6.22. The Kier molecular flexibility index (Phi) is 4.15. The van der Waals surface area contributed by atoms with Crippen molar-refractivity contribution in [2.24, 2.45) is 5.92 Å². The van der Waals surface area contributed by atoms with Gasteiger partial charge in [0.25, 0.3) is 5.69 Å². The molecule has 2 rings (SSSR count). The maximum Gasteiger partial charge on any atom is 0.273 e. The van der Waals surface area contributed by atoms with E-state index in [1.807, 2.05) is 6.07 Å². The monoisotopic (exact) mass is 250 g/mol. The van der Waals surface area contributed by atoms with E-state index in [1.54, 1.807) is 6.07 Å². The first-order valence-electron chi connectivity index (χ1n) is 6.22. The van der Waals surface area contributed by atoms with Gasteiger partial charge in [0.2, 0.25) is 0 Å². The SMILES string of the molecule is COc1cc(CNCC2CCC2)cc([N+](=O)[O-])c1. The highest BCUT2D eigenvalue weighted by Gasteiger charge is 2.16. The van der Waals surface area contributed by atoms with Gasteiger partial charge >= 0.3 is 0 Å². The van der Waals surface area contributed by atoms with Crippen molar-refractivity contribution in [2.45, 2.75) is 25.8 Å². The minimum Gasteiger partial charge on any atom is -0.496 e. The molecule has 0 bridgehead atoms. The second-order valence-corrected chi connectivity index (χ2v) is 4.72. The molecular weight excluding hydrogens is 232 g/mol. The third-order valence-electron chi connectivity index (χ3n) is 3.38. The van der Waals surface area contributed by atoms with Gasteiger partial charge in [-0.15, -0.1) is 0 Å². The molecule has 0 amide bonds. The summed E-state index contributed by atoms with van der Waals surface area (Å²) in [5.74, 6) is 1.32. The third kappa shape index (κ3) is 3.20. The van der Waals surface area contributed by atoms with Crippen LogP contribution in [-0.2, 0) is 6.54 Å². The third-order valence-corrected chi connectivity index (χ3v) is 3.38. The molecule has 1 aromatic carbocycles. The summed E-state index contributed by atoms with van der Waals surface area (Å²) in [5.41, 5.74) is 0.968. The van der Waals surface area contributed by atoms with Gasteiger partial charge in [-0.05, 0) is 36.9 Å². The van der Waals surface area contributed by atoms with Gasteiger partial charge in [0.15, 0.2) is 0 Å². The van der Waals surface area contributed by atoms with Crippen LogP contribution in [-0.4, -0.2) is 18.6 Å². The summed E-state index contributed by atoms with van der Waals surface area (Å²) in [5, 5.41) is 14.1. The lowest BCUT2D eigenvalue weighted by molar-refractivity contribution is -0.385. The van der Waals surface area contributed by atoms with E-state index in [2.05, 4.69) is 5.32 Å². The lowest BCUT2D eigenvalue weighted by Crippen LogP contribution is -2.26. The fourth-order valence-electron chi connectivity index (χ4n) is 2.09. The predicted octanol–water partition coefficient (Wildman–Crippen LogP) is 2.49. The topological polar surface area (TPSA) is 64.4 Å². The quantitative estimate of drug-likeness (QED) is 0.622. The first-order chi connectivity index (χ1) is 8.69. The van der Waals surface area contributed by atoms with Crippen molar-refractivity contribution in [1.82, 2.24) is 5.32 Å².